The smallest absolute Gasteiger partial charge is 0.410 e. The van der Waals surface area contributed by atoms with E-state index in [0.29, 0.717) is 42.8 Å². The molecule has 2 fully saturated rings. The summed E-state index contributed by atoms with van der Waals surface area (Å²) < 4.78 is 55.1. The molecule has 244 valence electrons. The van der Waals surface area contributed by atoms with Gasteiger partial charge in [0, 0.05) is 43.3 Å². The Morgan fingerprint density at radius 2 is 1.72 bits per heavy atom. The standard InChI is InChI=1S/C33H36ClFN4O6S/c1-36(2)32(41)45-30-7-6-18-38(30)33(26-14-8-22(19-29(26)44-3)21-37-16-4-5-17-37)27-20-23(34)9-15-28(27)39(31(33)40)46(42,43)25-12-10-24(35)11-13-25/h8-15,19-20,30H,4-7,16-18,21H2,1-3H3/t30-,33?/m0/s1. The number of likely N-dealkylation sites (tertiary alicyclic amines) is 2. The van der Waals surface area contributed by atoms with Crippen LogP contribution in [0.1, 0.15) is 42.4 Å². The maximum Gasteiger partial charge on any atom is 0.410 e. The highest BCUT2D eigenvalue weighted by Gasteiger charge is 2.63. The molecule has 0 saturated carbocycles. The summed E-state index contributed by atoms with van der Waals surface area (Å²) in [7, 11) is 0.0756. The largest absolute Gasteiger partial charge is 0.496 e. The average Bonchev–Trinajstić information content (AvgIpc) is 3.76. The molecule has 0 spiro atoms. The van der Waals surface area contributed by atoms with Crippen molar-refractivity contribution in [2.75, 3.05) is 45.1 Å². The molecule has 0 aromatic heterocycles. The highest BCUT2D eigenvalue weighted by Crippen LogP contribution is 2.55. The lowest BCUT2D eigenvalue weighted by Crippen LogP contribution is -2.57. The third-order valence-corrected chi connectivity index (χ3v) is 10.9. The van der Waals surface area contributed by atoms with Crippen LogP contribution < -0.4 is 9.04 Å². The lowest BCUT2D eigenvalue weighted by Gasteiger charge is -2.41. The van der Waals surface area contributed by atoms with E-state index in [-0.39, 0.29) is 15.6 Å². The number of amides is 2. The van der Waals surface area contributed by atoms with Gasteiger partial charge in [-0.3, -0.25) is 9.69 Å². The van der Waals surface area contributed by atoms with E-state index in [0.717, 1.165) is 60.1 Å². The fourth-order valence-corrected chi connectivity index (χ4v) is 8.42. The molecule has 2 saturated heterocycles. The van der Waals surface area contributed by atoms with Gasteiger partial charge >= 0.3 is 6.09 Å². The monoisotopic (exact) mass is 670 g/mol. The summed E-state index contributed by atoms with van der Waals surface area (Å²) >= 11 is 6.58. The average molecular weight is 671 g/mol. The Hall–Kier alpha value is -3.71. The number of methoxy groups -OCH3 is 1. The molecular formula is C33H36ClFN4O6S. The molecule has 13 heteroatoms. The van der Waals surface area contributed by atoms with Crippen LogP contribution in [0.4, 0.5) is 14.9 Å². The van der Waals surface area contributed by atoms with Crippen LogP contribution in [0, 0.1) is 5.82 Å². The molecule has 0 aliphatic carbocycles. The zero-order valence-electron chi connectivity index (χ0n) is 25.9. The van der Waals surface area contributed by atoms with Crippen LogP contribution in [0.25, 0.3) is 0 Å². The number of rotatable bonds is 8. The lowest BCUT2D eigenvalue weighted by molar-refractivity contribution is -0.132. The molecule has 1 unspecified atom stereocenters. The minimum Gasteiger partial charge on any atom is -0.496 e. The number of carbonyl (C=O) groups excluding carboxylic acids is 2. The van der Waals surface area contributed by atoms with Crippen molar-refractivity contribution in [1.29, 1.82) is 0 Å². The molecule has 10 nitrogen and oxygen atoms in total. The van der Waals surface area contributed by atoms with Crippen LogP contribution >= 0.6 is 11.6 Å². The van der Waals surface area contributed by atoms with Gasteiger partial charge in [0.1, 0.15) is 11.6 Å². The minimum atomic E-state index is -4.55. The Labute approximate surface area is 273 Å². The number of fused-ring (bicyclic) bond motifs is 1. The van der Waals surface area contributed by atoms with Gasteiger partial charge in [-0.15, -0.1) is 0 Å². The summed E-state index contributed by atoms with van der Waals surface area (Å²) in [6.45, 7) is 2.96. The summed E-state index contributed by atoms with van der Waals surface area (Å²) in [5, 5.41) is 0.280. The highest BCUT2D eigenvalue weighted by molar-refractivity contribution is 7.93. The summed E-state index contributed by atoms with van der Waals surface area (Å²) in [5.74, 6) is -1.05. The van der Waals surface area contributed by atoms with E-state index in [1.54, 1.807) is 31.1 Å². The Morgan fingerprint density at radius 1 is 1.00 bits per heavy atom. The maximum atomic E-state index is 15.2. The van der Waals surface area contributed by atoms with Crippen LogP contribution in [0.2, 0.25) is 5.02 Å². The first-order valence-electron chi connectivity index (χ1n) is 15.2. The second-order valence-electron chi connectivity index (χ2n) is 12.0. The summed E-state index contributed by atoms with van der Waals surface area (Å²) in [4.78, 5) is 33.2. The fraction of sp³-hybridized carbons (Fsp3) is 0.394. The normalized spacial score (nSPS) is 21.9. The third-order valence-electron chi connectivity index (χ3n) is 8.90. The van der Waals surface area contributed by atoms with Gasteiger partial charge in [0.2, 0.25) is 0 Å². The number of anilines is 1. The second-order valence-corrected chi connectivity index (χ2v) is 14.2. The molecule has 3 aliphatic rings. The summed E-state index contributed by atoms with van der Waals surface area (Å²) in [5.41, 5.74) is -0.0698. The highest BCUT2D eigenvalue weighted by atomic mass is 35.5. The van der Waals surface area contributed by atoms with Gasteiger partial charge < -0.3 is 14.4 Å². The van der Waals surface area contributed by atoms with E-state index in [1.807, 2.05) is 12.1 Å². The molecule has 2 atom stereocenters. The predicted molar refractivity (Wildman–Crippen MR) is 171 cm³/mol. The van der Waals surface area contributed by atoms with Crippen LogP contribution in [-0.2, 0) is 31.6 Å². The van der Waals surface area contributed by atoms with Crippen molar-refractivity contribution in [2.24, 2.45) is 0 Å². The van der Waals surface area contributed by atoms with Crippen molar-refractivity contribution in [3.8, 4) is 5.75 Å². The molecule has 3 aromatic rings. The van der Waals surface area contributed by atoms with Crippen LogP contribution in [0.5, 0.6) is 5.75 Å². The lowest BCUT2D eigenvalue weighted by atomic mass is 9.81. The number of sulfonamides is 1. The van der Waals surface area contributed by atoms with Crippen molar-refractivity contribution in [1.82, 2.24) is 14.7 Å². The molecule has 0 N–H and O–H groups in total. The molecule has 3 aromatic carbocycles. The van der Waals surface area contributed by atoms with Gasteiger partial charge in [-0.1, -0.05) is 23.7 Å². The second kappa shape index (κ2) is 12.5. The molecule has 0 radical (unpaired) electrons. The Balaban J connectivity index is 1.59. The molecule has 46 heavy (non-hydrogen) atoms. The molecular weight excluding hydrogens is 635 g/mol. The number of hydrogen-bond acceptors (Lipinski definition) is 8. The van der Waals surface area contributed by atoms with E-state index in [4.69, 9.17) is 21.1 Å². The van der Waals surface area contributed by atoms with Crippen molar-refractivity contribution in [2.45, 2.75) is 48.9 Å². The molecule has 3 aliphatic heterocycles. The first kappa shape index (κ1) is 32.2. The zero-order chi connectivity index (χ0) is 32.8. The SMILES string of the molecule is COc1cc(CN2CCCC2)ccc1C1(N2CCC[C@@H]2OC(=O)N(C)C)C(=O)N(S(=O)(=O)c2ccc(F)cc2)c2ccc(Cl)cc21. The fourth-order valence-electron chi connectivity index (χ4n) is 6.79. The number of ether oxygens (including phenoxy) is 2. The number of carbonyl (C=O) groups is 2. The van der Waals surface area contributed by atoms with Gasteiger partial charge in [0.15, 0.2) is 11.8 Å². The maximum absolute atomic E-state index is 15.2. The van der Waals surface area contributed by atoms with Gasteiger partial charge in [0.25, 0.3) is 15.9 Å². The number of benzene rings is 3. The first-order valence-corrected chi connectivity index (χ1v) is 17.0. The zero-order valence-corrected chi connectivity index (χ0v) is 27.5. The van der Waals surface area contributed by atoms with Crippen LogP contribution in [0.3, 0.4) is 0 Å². The minimum absolute atomic E-state index is 0.0894. The summed E-state index contributed by atoms with van der Waals surface area (Å²) in [6.07, 6.45) is 1.75. The third kappa shape index (κ3) is 5.40. The van der Waals surface area contributed by atoms with Crippen molar-refractivity contribution in [3.05, 3.63) is 88.2 Å². The first-order chi connectivity index (χ1) is 22.0. The predicted octanol–water partition coefficient (Wildman–Crippen LogP) is 5.18. The molecule has 6 rings (SSSR count). The van der Waals surface area contributed by atoms with E-state index in [1.165, 1.54) is 24.1 Å². The van der Waals surface area contributed by atoms with Crippen molar-refractivity contribution >= 4 is 39.3 Å². The summed E-state index contributed by atoms with van der Waals surface area (Å²) in [6, 6.07) is 14.5. The van der Waals surface area contributed by atoms with Crippen molar-refractivity contribution in [3.63, 3.8) is 0 Å². The van der Waals surface area contributed by atoms with Gasteiger partial charge in [-0.05, 0) is 92.9 Å². The number of halogens is 2. The van der Waals surface area contributed by atoms with E-state index >= 15 is 4.79 Å². The van der Waals surface area contributed by atoms with Crippen molar-refractivity contribution < 1.29 is 31.9 Å². The Bertz CT molecular complexity index is 1770. The van der Waals surface area contributed by atoms with E-state index in [2.05, 4.69) is 4.90 Å². The van der Waals surface area contributed by atoms with Crippen LogP contribution in [0.15, 0.2) is 65.6 Å². The molecule has 3 heterocycles. The Morgan fingerprint density at radius 3 is 2.39 bits per heavy atom. The van der Waals surface area contributed by atoms with Gasteiger partial charge in [-0.2, -0.15) is 0 Å². The van der Waals surface area contributed by atoms with Gasteiger partial charge in [-0.25, -0.2) is 26.8 Å². The number of nitrogens with zero attached hydrogens (tertiary/aromatic N) is 4. The molecule has 0 bridgehead atoms. The topological polar surface area (TPSA) is 99.7 Å². The van der Waals surface area contributed by atoms with E-state index in [9.17, 15) is 17.6 Å². The quantitative estimate of drug-likeness (QED) is 0.323. The van der Waals surface area contributed by atoms with E-state index < -0.39 is 39.6 Å². The Kier molecular flexibility index (Phi) is 8.75. The molecule has 2 amide bonds. The van der Waals surface area contributed by atoms with Gasteiger partial charge in [0.05, 0.1) is 17.7 Å². The van der Waals surface area contributed by atoms with Crippen LogP contribution in [-0.4, -0.2) is 82.2 Å². The number of hydrogen-bond donors (Lipinski definition) is 0.